The molecule has 2 aromatic carbocycles. The standard InChI is InChI=1S/C23H39N3O3.C10H9NO3/c1-6-18-8-9-19(12-22(18)29-11-7-10-28-5)23(27)26(17(2)3)16-21-15-25-14-20(21)13-24-4;12-9-5-7(10(13)14)6-3-1-2-4-8(6)11-9/h8-9,12,17,20-21,24-25H,6-7,10-11,13-16H2,1-5H3;1-4,7H,5H2,(H,11,12)(H,13,14)/t20-,21-;7-/m00/s1. The third-order valence-electron chi connectivity index (χ3n) is 8.00. The molecule has 2 aromatic rings. The SMILES string of the molecule is CCc1ccc(C(=O)N(C[C@@H]2CNC[C@@H]2CNC)C(C)C)cc1OCCCOC.O=C1C[C@H](C(=O)O)c2ccccc2N1. The third kappa shape index (κ3) is 9.51. The maximum absolute atomic E-state index is 13.4. The van der Waals surface area contributed by atoms with E-state index in [4.69, 9.17) is 14.6 Å². The Morgan fingerprint density at radius 3 is 2.53 bits per heavy atom. The molecule has 0 unspecified atom stereocenters. The van der Waals surface area contributed by atoms with Gasteiger partial charge in [-0.05, 0) is 81.6 Å². The zero-order valence-corrected chi connectivity index (χ0v) is 26.2. The van der Waals surface area contributed by atoms with Crippen LogP contribution >= 0.6 is 0 Å². The molecule has 2 amide bonds. The molecular weight excluding hydrogens is 548 g/mol. The average Bonchev–Trinajstić information content (AvgIpc) is 3.44. The summed E-state index contributed by atoms with van der Waals surface area (Å²) < 4.78 is 11.1. The molecular formula is C33H48N4O6. The molecule has 1 saturated heterocycles. The quantitative estimate of drug-likeness (QED) is 0.257. The van der Waals surface area contributed by atoms with Crippen molar-refractivity contribution in [1.82, 2.24) is 15.5 Å². The summed E-state index contributed by atoms with van der Waals surface area (Å²) in [5, 5.41) is 18.3. The zero-order valence-electron chi connectivity index (χ0n) is 26.2. The number of nitrogens with one attached hydrogen (secondary N) is 3. The number of hydrogen-bond donors (Lipinski definition) is 4. The van der Waals surface area contributed by atoms with E-state index in [1.807, 2.05) is 30.1 Å². The van der Waals surface area contributed by atoms with Gasteiger partial charge in [-0.25, -0.2) is 0 Å². The first kappa shape index (κ1) is 34.0. The number of fused-ring (bicyclic) bond motifs is 1. The highest BCUT2D eigenvalue weighted by atomic mass is 16.5. The van der Waals surface area contributed by atoms with Crippen LogP contribution in [0, 0.1) is 11.8 Å². The van der Waals surface area contributed by atoms with E-state index in [0.29, 0.717) is 41.9 Å². The average molecular weight is 597 g/mol. The fourth-order valence-electron chi connectivity index (χ4n) is 5.58. The molecule has 0 radical (unpaired) electrons. The van der Waals surface area contributed by atoms with Crippen LogP contribution in [-0.4, -0.2) is 87.4 Å². The van der Waals surface area contributed by atoms with Crippen LogP contribution in [0.15, 0.2) is 42.5 Å². The van der Waals surface area contributed by atoms with Crippen molar-refractivity contribution in [3.8, 4) is 5.75 Å². The van der Waals surface area contributed by atoms with Gasteiger partial charge in [0.2, 0.25) is 5.91 Å². The van der Waals surface area contributed by atoms with Crippen LogP contribution in [0.4, 0.5) is 5.69 Å². The number of ether oxygens (including phenoxy) is 2. The second-order valence-corrected chi connectivity index (χ2v) is 11.4. The summed E-state index contributed by atoms with van der Waals surface area (Å²) in [6.45, 7) is 11.3. The van der Waals surface area contributed by atoms with Gasteiger partial charge in [0.05, 0.1) is 12.5 Å². The molecule has 1 fully saturated rings. The van der Waals surface area contributed by atoms with Crippen LogP contribution in [0.3, 0.4) is 0 Å². The first-order chi connectivity index (χ1) is 20.7. The van der Waals surface area contributed by atoms with Crippen molar-refractivity contribution in [1.29, 1.82) is 0 Å². The van der Waals surface area contributed by atoms with Gasteiger partial charge in [0.25, 0.3) is 5.91 Å². The highest BCUT2D eigenvalue weighted by Crippen LogP contribution is 2.32. The minimum absolute atomic E-state index is 0.0202. The number of benzene rings is 2. The summed E-state index contributed by atoms with van der Waals surface area (Å²) in [5.74, 6) is 0.0151. The van der Waals surface area contributed by atoms with Crippen LogP contribution in [0.5, 0.6) is 5.75 Å². The summed E-state index contributed by atoms with van der Waals surface area (Å²) >= 11 is 0. The van der Waals surface area contributed by atoms with Gasteiger partial charge in [-0.3, -0.25) is 14.4 Å². The largest absolute Gasteiger partial charge is 0.493 e. The van der Waals surface area contributed by atoms with Crippen LogP contribution < -0.4 is 20.7 Å². The van der Waals surface area contributed by atoms with E-state index in [1.54, 1.807) is 31.4 Å². The number of aliphatic carboxylic acids is 1. The molecule has 0 spiro atoms. The maximum atomic E-state index is 13.4. The number of hydrogen-bond acceptors (Lipinski definition) is 7. The number of carbonyl (C=O) groups excluding carboxylic acids is 2. The number of carboxylic acids is 1. The molecule has 10 heteroatoms. The van der Waals surface area contributed by atoms with Crippen molar-refractivity contribution in [3.63, 3.8) is 0 Å². The summed E-state index contributed by atoms with van der Waals surface area (Å²) in [4.78, 5) is 37.4. The molecule has 0 saturated carbocycles. The lowest BCUT2D eigenvalue weighted by atomic mass is 9.91. The van der Waals surface area contributed by atoms with Crippen molar-refractivity contribution in [3.05, 3.63) is 59.2 Å². The van der Waals surface area contributed by atoms with Crippen LogP contribution in [-0.2, 0) is 20.7 Å². The fourth-order valence-corrected chi connectivity index (χ4v) is 5.58. The van der Waals surface area contributed by atoms with Gasteiger partial charge in [-0.1, -0.05) is 31.2 Å². The molecule has 0 aromatic heterocycles. The molecule has 0 bridgehead atoms. The monoisotopic (exact) mass is 596 g/mol. The number of para-hydroxylation sites is 1. The number of carboxylic acid groups (broad SMARTS) is 1. The van der Waals surface area contributed by atoms with Crippen LogP contribution in [0.2, 0.25) is 0 Å². The summed E-state index contributed by atoms with van der Waals surface area (Å²) in [6.07, 6.45) is 1.73. The van der Waals surface area contributed by atoms with Gasteiger partial charge in [-0.2, -0.15) is 0 Å². The first-order valence-electron chi connectivity index (χ1n) is 15.2. The molecule has 10 nitrogen and oxygen atoms in total. The number of carbonyl (C=O) groups is 3. The number of rotatable bonds is 13. The predicted octanol–water partition coefficient (Wildman–Crippen LogP) is 3.77. The smallest absolute Gasteiger partial charge is 0.311 e. The number of nitrogens with zero attached hydrogens (tertiary/aromatic N) is 1. The van der Waals surface area contributed by atoms with Gasteiger partial charge in [0.15, 0.2) is 0 Å². The lowest BCUT2D eigenvalue weighted by molar-refractivity contribution is -0.140. The number of anilines is 1. The van der Waals surface area contributed by atoms with E-state index in [0.717, 1.165) is 50.3 Å². The van der Waals surface area contributed by atoms with Crippen molar-refractivity contribution in [2.24, 2.45) is 11.8 Å². The molecule has 2 heterocycles. The minimum Gasteiger partial charge on any atom is -0.493 e. The minimum atomic E-state index is -0.952. The Morgan fingerprint density at radius 1 is 1.12 bits per heavy atom. The van der Waals surface area contributed by atoms with E-state index >= 15 is 0 Å². The molecule has 4 rings (SSSR count). The van der Waals surface area contributed by atoms with E-state index in [9.17, 15) is 14.4 Å². The summed E-state index contributed by atoms with van der Waals surface area (Å²) in [6, 6.07) is 13.0. The molecule has 43 heavy (non-hydrogen) atoms. The highest BCUT2D eigenvalue weighted by Gasteiger charge is 2.32. The van der Waals surface area contributed by atoms with Crippen molar-refractivity contribution in [2.45, 2.75) is 52.0 Å². The Hall–Kier alpha value is -3.47. The Bertz CT molecular complexity index is 1220. The second-order valence-electron chi connectivity index (χ2n) is 11.4. The van der Waals surface area contributed by atoms with E-state index < -0.39 is 11.9 Å². The highest BCUT2D eigenvalue weighted by molar-refractivity contribution is 5.99. The lowest BCUT2D eigenvalue weighted by Gasteiger charge is -2.31. The molecule has 2 aliphatic heterocycles. The second kappa shape index (κ2) is 17.0. The summed E-state index contributed by atoms with van der Waals surface area (Å²) in [5.41, 5.74) is 3.12. The van der Waals surface area contributed by atoms with E-state index in [-0.39, 0.29) is 24.3 Å². The van der Waals surface area contributed by atoms with Gasteiger partial charge >= 0.3 is 5.97 Å². The van der Waals surface area contributed by atoms with Crippen molar-refractivity contribution < 1.29 is 29.0 Å². The number of amides is 2. The van der Waals surface area contributed by atoms with Crippen LogP contribution in [0.1, 0.15) is 61.0 Å². The maximum Gasteiger partial charge on any atom is 0.311 e. The molecule has 4 N–H and O–H groups in total. The predicted molar refractivity (Wildman–Crippen MR) is 168 cm³/mol. The van der Waals surface area contributed by atoms with E-state index in [1.165, 1.54) is 0 Å². The number of aryl methyl sites for hydroxylation is 1. The number of methoxy groups -OCH3 is 1. The Morgan fingerprint density at radius 2 is 1.86 bits per heavy atom. The van der Waals surface area contributed by atoms with Gasteiger partial charge in [-0.15, -0.1) is 0 Å². The van der Waals surface area contributed by atoms with Gasteiger partial charge < -0.3 is 35.4 Å². The third-order valence-corrected chi connectivity index (χ3v) is 8.00. The normalized spacial score (nSPS) is 19.2. The fraction of sp³-hybridized carbons (Fsp3) is 0.545. The zero-order chi connectivity index (χ0) is 31.4. The molecule has 2 aliphatic rings. The molecule has 3 atom stereocenters. The van der Waals surface area contributed by atoms with Crippen molar-refractivity contribution in [2.75, 3.05) is 58.9 Å². The topological polar surface area (TPSA) is 129 Å². The first-order valence-corrected chi connectivity index (χ1v) is 15.2. The molecule has 0 aliphatic carbocycles. The Kier molecular flexibility index (Phi) is 13.4. The van der Waals surface area contributed by atoms with Crippen LogP contribution in [0.25, 0.3) is 0 Å². The Balaban J connectivity index is 0.000000299. The lowest BCUT2D eigenvalue weighted by Crippen LogP contribution is -2.43. The van der Waals surface area contributed by atoms with Gasteiger partial charge in [0, 0.05) is 56.9 Å². The van der Waals surface area contributed by atoms with Crippen molar-refractivity contribution >= 4 is 23.5 Å². The summed E-state index contributed by atoms with van der Waals surface area (Å²) in [7, 11) is 3.68. The van der Waals surface area contributed by atoms with E-state index in [2.05, 4.69) is 36.7 Å². The molecule has 236 valence electrons. The Labute approximate surface area is 255 Å². The van der Waals surface area contributed by atoms with Gasteiger partial charge in [0.1, 0.15) is 5.75 Å².